The van der Waals surface area contributed by atoms with Crippen molar-refractivity contribution in [2.75, 3.05) is 0 Å². The van der Waals surface area contributed by atoms with Crippen LogP contribution in [0.3, 0.4) is 0 Å². The number of hydrogen-bond acceptors (Lipinski definition) is 0. The van der Waals surface area contributed by atoms with Gasteiger partial charge in [0.2, 0.25) is 0 Å². The van der Waals surface area contributed by atoms with Crippen LogP contribution in [0.1, 0.15) is 0 Å². The summed E-state index contributed by atoms with van der Waals surface area (Å²) in [5.74, 6) is 0. The Bertz CT molecular complexity index is 3240. The maximum atomic E-state index is 2.60. The lowest BCUT2D eigenvalue weighted by Gasteiger charge is -2.20. The van der Waals surface area contributed by atoms with Gasteiger partial charge in [-0.1, -0.05) is 154 Å². The molecule has 0 atom stereocenters. The van der Waals surface area contributed by atoms with Gasteiger partial charge >= 0.3 is 0 Å². The minimum absolute atomic E-state index is 1.17. The average molecular weight is 720 g/mol. The summed E-state index contributed by atoms with van der Waals surface area (Å²) in [5, 5.41) is 5.24. The minimum Gasteiger partial charge on any atom is -0.310 e. The van der Waals surface area contributed by atoms with E-state index in [4.69, 9.17) is 0 Å². The smallest absolute Gasteiger partial charge is 0.141 e. The summed E-state index contributed by atoms with van der Waals surface area (Å²) in [4.78, 5) is 0. The third kappa shape index (κ3) is 5.21. The number of para-hydroxylation sites is 3. The molecule has 0 N–H and O–H groups in total. The van der Waals surface area contributed by atoms with E-state index < -0.39 is 0 Å². The first-order chi connectivity index (χ1) is 27.8. The SMILES string of the molecule is Bc1c(B)c(B)c2c(c1B)c1c(B)c(-c3ccc4c(c3)c3cccc(-c5ccccc5)c3n4-c3ccccc3)c(B)c(B)c1n2-c1ccccc1-c1ccccc1. The molecule has 2 heterocycles. The van der Waals surface area contributed by atoms with E-state index >= 15 is 0 Å². The molecule has 0 bridgehead atoms. The average Bonchev–Trinajstić information content (AvgIpc) is 3.79. The topological polar surface area (TPSA) is 9.86 Å². The van der Waals surface area contributed by atoms with Gasteiger partial charge in [0.25, 0.3) is 0 Å². The fourth-order valence-corrected chi connectivity index (χ4v) is 9.84. The molecule has 2 aromatic heterocycles. The Balaban J connectivity index is 1.31. The molecule has 9 heteroatoms. The fraction of sp³-hybridized carbons (Fsp3) is 0. The normalized spacial score (nSPS) is 11.6. The molecule has 0 aliphatic heterocycles. The van der Waals surface area contributed by atoms with Crippen molar-refractivity contribution in [3.05, 3.63) is 152 Å². The predicted molar refractivity (Wildman–Crippen MR) is 269 cm³/mol. The highest BCUT2D eigenvalue weighted by molar-refractivity contribution is 6.69. The minimum atomic E-state index is 1.17. The Morgan fingerprint density at radius 2 is 0.877 bits per heavy atom. The van der Waals surface area contributed by atoms with Crippen LogP contribution in [0.15, 0.2) is 152 Å². The van der Waals surface area contributed by atoms with Gasteiger partial charge in [0.05, 0.1) is 16.7 Å². The first-order valence-electron chi connectivity index (χ1n) is 20.1. The van der Waals surface area contributed by atoms with Crippen molar-refractivity contribution in [2.45, 2.75) is 0 Å². The molecule has 8 aromatic carbocycles. The monoisotopic (exact) mass is 720 g/mol. The number of nitrogens with zero attached hydrogens (tertiary/aromatic N) is 2. The zero-order chi connectivity index (χ0) is 39.1. The van der Waals surface area contributed by atoms with Crippen LogP contribution in [0, 0.1) is 0 Å². The Kier molecular flexibility index (Phi) is 8.34. The van der Waals surface area contributed by atoms with Gasteiger partial charge in [-0.2, -0.15) is 0 Å². The van der Waals surface area contributed by atoms with Crippen LogP contribution in [0.5, 0.6) is 0 Å². The van der Waals surface area contributed by atoms with Gasteiger partial charge in [-0.25, -0.2) is 0 Å². The summed E-state index contributed by atoms with van der Waals surface area (Å²) in [5.41, 5.74) is 24.3. The predicted octanol–water partition coefficient (Wildman–Crippen LogP) is 0.691. The Morgan fingerprint density at radius 1 is 0.333 bits per heavy atom. The van der Waals surface area contributed by atoms with Gasteiger partial charge in [0, 0.05) is 44.0 Å². The zero-order valence-corrected chi connectivity index (χ0v) is 33.8. The highest BCUT2D eigenvalue weighted by Gasteiger charge is 2.26. The van der Waals surface area contributed by atoms with Crippen LogP contribution in [0.2, 0.25) is 0 Å². The molecule has 0 aliphatic rings. The lowest BCUT2D eigenvalue weighted by molar-refractivity contribution is 1.18. The molecule has 10 rings (SSSR count). The second-order valence-electron chi connectivity index (χ2n) is 15.9. The van der Waals surface area contributed by atoms with E-state index in [1.165, 1.54) is 127 Å². The molecule has 0 amide bonds. The molecular formula is C48H39B7N2. The largest absolute Gasteiger partial charge is 0.310 e. The number of fused-ring (bicyclic) bond motifs is 6. The van der Waals surface area contributed by atoms with E-state index in [1.807, 2.05) is 0 Å². The summed E-state index contributed by atoms with van der Waals surface area (Å²) in [6, 6.07) is 55.4. The lowest BCUT2D eigenvalue weighted by Crippen LogP contribution is -2.48. The first-order valence-corrected chi connectivity index (χ1v) is 20.1. The Hall–Kier alpha value is -6.19. The Labute approximate surface area is 340 Å². The number of hydrogen-bond donors (Lipinski definition) is 0. The third-order valence-corrected chi connectivity index (χ3v) is 13.0. The molecule has 10 aromatic rings. The second-order valence-corrected chi connectivity index (χ2v) is 15.9. The van der Waals surface area contributed by atoms with Crippen LogP contribution < -0.4 is 38.2 Å². The van der Waals surface area contributed by atoms with Crippen LogP contribution in [0.25, 0.3) is 88.4 Å². The van der Waals surface area contributed by atoms with Crippen molar-refractivity contribution in [1.82, 2.24) is 9.13 Å². The number of rotatable bonds is 5. The van der Waals surface area contributed by atoms with Gasteiger partial charge in [0.15, 0.2) is 0 Å². The van der Waals surface area contributed by atoms with Gasteiger partial charge in [0.1, 0.15) is 54.9 Å². The van der Waals surface area contributed by atoms with E-state index in [0.29, 0.717) is 0 Å². The molecule has 262 valence electrons. The van der Waals surface area contributed by atoms with Gasteiger partial charge < -0.3 is 9.13 Å². The maximum absolute atomic E-state index is 2.60. The summed E-state index contributed by atoms with van der Waals surface area (Å²) >= 11 is 0. The first kappa shape index (κ1) is 35.2. The molecular weight excluding hydrogens is 680 g/mol. The zero-order valence-electron chi connectivity index (χ0n) is 33.8. The molecule has 0 aliphatic carbocycles. The van der Waals surface area contributed by atoms with Crippen LogP contribution >= 0.6 is 0 Å². The number of aromatic nitrogens is 2. The van der Waals surface area contributed by atoms with Gasteiger partial charge in [-0.15, -0.1) is 5.46 Å². The van der Waals surface area contributed by atoms with Crippen molar-refractivity contribution in [1.29, 1.82) is 0 Å². The van der Waals surface area contributed by atoms with Crippen molar-refractivity contribution in [3.63, 3.8) is 0 Å². The van der Waals surface area contributed by atoms with E-state index in [2.05, 4.69) is 216 Å². The van der Waals surface area contributed by atoms with E-state index in [0.717, 1.165) is 0 Å². The third-order valence-electron chi connectivity index (χ3n) is 13.0. The summed E-state index contributed by atoms with van der Waals surface area (Å²) in [6.45, 7) is 0. The molecule has 2 nitrogen and oxygen atoms in total. The number of benzene rings is 8. The lowest BCUT2D eigenvalue weighted by atomic mass is 9.64. The van der Waals surface area contributed by atoms with Crippen LogP contribution in [0.4, 0.5) is 0 Å². The van der Waals surface area contributed by atoms with Crippen molar-refractivity contribution in [2.24, 2.45) is 0 Å². The van der Waals surface area contributed by atoms with Gasteiger partial charge in [-0.05, 0) is 58.0 Å². The summed E-state index contributed by atoms with van der Waals surface area (Å²) < 4.78 is 5.06. The fourth-order valence-electron chi connectivity index (χ4n) is 9.84. The van der Waals surface area contributed by atoms with Crippen molar-refractivity contribution < 1.29 is 0 Å². The van der Waals surface area contributed by atoms with Gasteiger partial charge in [-0.3, -0.25) is 0 Å². The highest BCUT2D eigenvalue weighted by atomic mass is 15.0. The van der Waals surface area contributed by atoms with E-state index in [-0.39, 0.29) is 0 Å². The van der Waals surface area contributed by atoms with Crippen molar-refractivity contribution >= 4 is 137 Å². The van der Waals surface area contributed by atoms with Crippen LogP contribution in [-0.2, 0) is 0 Å². The van der Waals surface area contributed by atoms with Crippen LogP contribution in [-0.4, -0.2) is 64.1 Å². The summed E-state index contributed by atoms with van der Waals surface area (Å²) in [7, 11) is 16.3. The van der Waals surface area contributed by atoms with Crippen molar-refractivity contribution in [3.8, 4) is 44.8 Å². The molecule has 0 spiro atoms. The van der Waals surface area contributed by atoms with E-state index in [9.17, 15) is 0 Å². The molecule has 0 unspecified atom stereocenters. The standard InChI is InChI=1S/C48H39B7N2/c49-39-36(28-23-24-35-33(25-28)32-21-12-20-31(27-15-6-2-7-16-27)46(32)56(35)29-17-8-3-9-18-29)40(50)44(54)47-37(39)38-41(51)42(52)43(53)45(55)48(38)57(47)34-22-11-10-19-30(34)26-13-4-1-5-14-26/h1-25H,49-55H2. The molecule has 0 saturated carbocycles. The summed E-state index contributed by atoms with van der Waals surface area (Å²) in [6.07, 6.45) is 0. The molecule has 0 fully saturated rings. The highest BCUT2D eigenvalue weighted by Crippen LogP contribution is 2.40. The maximum Gasteiger partial charge on any atom is 0.141 e. The quantitative estimate of drug-likeness (QED) is 0.232. The Morgan fingerprint density at radius 3 is 1.56 bits per heavy atom. The molecule has 0 saturated heterocycles. The molecule has 57 heavy (non-hydrogen) atoms. The second kappa shape index (κ2) is 13.5. The van der Waals surface area contributed by atoms with E-state index in [1.54, 1.807) is 0 Å². The molecule has 0 radical (unpaired) electrons.